The summed E-state index contributed by atoms with van der Waals surface area (Å²) in [4.78, 5) is 42.9. The predicted octanol–water partition coefficient (Wildman–Crippen LogP) is 4.38. The normalized spacial score (nSPS) is 21.7. The maximum absolute atomic E-state index is 13.6. The number of allylic oxidation sites excluding steroid dienone is 2. The second kappa shape index (κ2) is 10.8. The van der Waals surface area contributed by atoms with E-state index in [1.807, 2.05) is 37.3 Å². The van der Waals surface area contributed by atoms with Crippen LogP contribution in [-0.4, -0.2) is 43.8 Å². The van der Waals surface area contributed by atoms with Crippen LogP contribution >= 0.6 is 0 Å². The van der Waals surface area contributed by atoms with E-state index >= 15 is 0 Å². The van der Waals surface area contributed by atoms with E-state index in [1.54, 1.807) is 24.3 Å². The molecule has 0 bridgehead atoms. The fraction of sp³-hybridized carbons (Fsp3) is 0.357. The number of hydrogen-bond acceptors (Lipinski definition) is 7. The molecule has 7 heteroatoms. The SMILES string of the molecule is COCCOC(=O)C1C(C)=NC2=C(C(=O)C[C@H](c3ccccc3)C2)[C@@H]1c1ccc(OC(C)=O)cc1. The number of carbonyl (C=O) groups excluding carboxylic acids is 3. The monoisotopic (exact) mass is 475 g/mol. The highest BCUT2D eigenvalue weighted by Gasteiger charge is 2.44. The number of ketones is 1. The first-order chi connectivity index (χ1) is 16.9. The molecule has 7 nitrogen and oxygen atoms in total. The van der Waals surface area contributed by atoms with Gasteiger partial charge in [0.2, 0.25) is 0 Å². The number of methoxy groups -OCH3 is 1. The minimum absolute atomic E-state index is 0.0138. The molecule has 0 saturated heterocycles. The lowest BCUT2D eigenvalue weighted by Gasteiger charge is -2.36. The summed E-state index contributed by atoms with van der Waals surface area (Å²) in [5.41, 5.74) is 3.77. The van der Waals surface area contributed by atoms with Gasteiger partial charge in [-0.3, -0.25) is 19.4 Å². The van der Waals surface area contributed by atoms with E-state index in [0.29, 0.717) is 29.9 Å². The fourth-order valence-corrected chi connectivity index (χ4v) is 4.91. The molecule has 2 aliphatic rings. The molecule has 0 amide bonds. The molecule has 0 N–H and O–H groups in total. The van der Waals surface area contributed by atoms with E-state index in [4.69, 9.17) is 19.2 Å². The summed E-state index contributed by atoms with van der Waals surface area (Å²) in [6.45, 7) is 3.54. The van der Waals surface area contributed by atoms with Gasteiger partial charge in [-0.2, -0.15) is 0 Å². The molecular formula is C28H29NO6. The summed E-state index contributed by atoms with van der Waals surface area (Å²) in [5, 5.41) is 0. The van der Waals surface area contributed by atoms with Crippen molar-refractivity contribution < 1.29 is 28.6 Å². The molecule has 1 aliphatic heterocycles. The molecule has 2 aromatic rings. The Bertz CT molecular complexity index is 1170. The highest BCUT2D eigenvalue weighted by atomic mass is 16.6. The van der Waals surface area contributed by atoms with E-state index < -0.39 is 23.8 Å². The Morgan fingerprint density at radius 2 is 1.69 bits per heavy atom. The van der Waals surface area contributed by atoms with Crippen LogP contribution in [0.4, 0.5) is 0 Å². The molecule has 0 aromatic heterocycles. The van der Waals surface area contributed by atoms with E-state index in [-0.39, 0.29) is 24.9 Å². The minimum atomic E-state index is -0.734. The summed E-state index contributed by atoms with van der Waals surface area (Å²) in [5.74, 6) is -1.71. The van der Waals surface area contributed by atoms with Crippen molar-refractivity contribution >= 4 is 23.4 Å². The number of rotatable bonds is 7. The molecule has 0 saturated carbocycles. The molecule has 1 unspecified atom stereocenters. The molecule has 1 heterocycles. The van der Waals surface area contributed by atoms with Gasteiger partial charge in [-0.1, -0.05) is 42.5 Å². The van der Waals surface area contributed by atoms with E-state index in [9.17, 15) is 14.4 Å². The largest absolute Gasteiger partial charge is 0.463 e. The Hall–Kier alpha value is -3.58. The highest BCUT2D eigenvalue weighted by Crippen LogP contribution is 2.47. The Morgan fingerprint density at radius 3 is 2.34 bits per heavy atom. The molecule has 0 spiro atoms. The molecule has 0 fully saturated rings. The van der Waals surface area contributed by atoms with E-state index in [2.05, 4.69) is 0 Å². The molecule has 2 aromatic carbocycles. The van der Waals surface area contributed by atoms with Gasteiger partial charge in [0, 0.05) is 43.4 Å². The van der Waals surface area contributed by atoms with Crippen LogP contribution in [0.3, 0.4) is 0 Å². The lowest BCUT2D eigenvalue weighted by molar-refractivity contribution is -0.147. The third-order valence-corrected chi connectivity index (χ3v) is 6.45. The maximum Gasteiger partial charge on any atom is 0.315 e. The van der Waals surface area contributed by atoms with Crippen LogP contribution in [0.15, 0.2) is 70.9 Å². The van der Waals surface area contributed by atoms with Gasteiger partial charge in [0.15, 0.2) is 5.78 Å². The topological polar surface area (TPSA) is 91.3 Å². The number of benzene rings is 2. The Kier molecular flexibility index (Phi) is 7.56. The summed E-state index contributed by atoms with van der Waals surface area (Å²) < 4.78 is 15.6. The number of nitrogens with zero attached hydrogens (tertiary/aromatic N) is 1. The van der Waals surface area contributed by atoms with Crippen LogP contribution in [0.25, 0.3) is 0 Å². The molecule has 0 radical (unpaired) electrons. The zero-order valence-corrected chi connectivity index (χ0v) is 20.2. The summed E-state index contributed by atoms with van der Waals surface area (Å²) in [6, 6.07) is 16.9. The van der Waals surface area contributed by atoms with Crippen molar-refractivity contribution in [3.8, 4) is 5.75 Å². The van der Waals surface area contributed by atoms with Crippen molar-refractivity contribution in [1.82, 2.24) is 0 Å². The highest BCUT2D eigenvalue weighted by molar-refractivity contribution is 6.09. The van der Waals surface area contributed by atoms with Crippen molar-refractivity contribution in [3.63, 3.8) is 0 Å². The van der Waals surface area contributed by atoms with Crippen molar-refractivity contribution in [2.45, 2.75) is 38.5 Å². The van der Waals surface area contributed by atoms with Crippen molar-refractivity contribution in [1.29, 1.82) is 0 Å². The Morgan fingerprint density at radius 1 is 0.971 bits per heavy atom. The zero-order valence-electron chi connectivity index (χ0n) is 20.2. The van der Waals surface area contributed by atoms with Crippen LogP contribution in [0, 0.1) is 5.92 Å². The summed E-state index contributed by atoms with van der Waals surface area (Å²) >= 11 is 0. The van der Waals surface area contributed by atoms with Crippen LogP contribution in [0.1, 0.15) is 49.7 Å². The van der Waals surface area contributed by atoms with Crippen molar-refractivity contribution in [3.05, 3.63) is 77.0 Å². The smallest absolute Gasteiger partial charge is 0.315 e. The second-order valence-corrected chi connectivity index (χ2v) is 8.83. The molecular weight excluding hydrogens is 446 g/mol. The summed E-state index contributed by atoms with van der Waals surface area (Å²) in [7, 11) is 1.54. The quantitative estimate of drug-likeness (QED) is 0.335. The molecule has 35 heavy (non-hydrogen) atoms. The Labute approximate surface area is 204 Å². The molecule has 1 aliphatic carbocycles. The van der Waals surface area contributed by atoms with Gasteiger partial charge >= 0.3 is 11.9 Å². The lowest BCUT2D eigenvalue weighted by atomic mass is 9.69. The number of Topliss-reactive ketones (excluding diaryl/α,β-unsaturated/α-hetero) is 1. The van der Waals surface area contributed by atoms with E-state index in [1.165, 1.54) is 14.0 Å². The van der Waals surface area contributed by atoms with Gasteiger partial charge in [-0.05, 0) is 42.5 Å². The molecule has 4 rings (SSSR count). The first kappa shape index (κ1) is 24.5. The van der Waals surface area contributed by atoms with Crippen LogP contribution in [-0.2, 0) is 23.9 Å². The number of ether oxygens (including phenoxy) is 3. The average molecular weight is 476 g/mol. The third kappa shape index (κ3) is 5.41. The average Bonchev–Trinajstić information content (AvgIpc) is 2.84. The number of carbonyl (C=O) groups is 3. The standard InChI is InChI=1S/C28H29NO6/c1-17-25(28(32)34-14-13-33-3)26(20-9-11-22(12-10-20)35-18(2)30)27-23(29-17)15-21(16-24(27)31)19-7-5-4-6-8-19/h4-12,21,25-26H,13-16H2,1-3H3/t21-,25?,26-/m1/s1. The zero-order chi connectivity index (χ0) is 24.9. The number of hydrogen-bond donors (Lipinski definition) is 0. The van der Waals surface area contributed by atoms with Gasteiger partial charge in [-0.25, -0.2) is 0 Å². The van der Waals surface area contributed by atoms with Crippen LogP contribution in [0.5, 0.6) is 5.75 Å². The first-order valence-electron chi connectivity index (χ1n) is 11.7. The van der Waals surface area contributed by atoms with E-state index in [0.717, 1.165) is 16.8 Å². The number of aliphatic imine (C=N–C) groups is 1. The van der Waals surface area contributed by atoms with Gasteiger partial charge in [0.25, 0.3) is 0 Å². The fourth-order valence-electron chi connectivity index (χ4n) is 4.91. The summed E-state index contributed by atoms with van der Waals surface area (Å²) in [6.07, 6.45) is 0.973. The van der Waals surface area contributed by atoms with Gasteiger partial charge in [0.1, 0.15) is 18.3 Å². The number of esters is 2. The van der Waals surface area contributed by atoms with Gasteiger partial charge in [-0.15, -0.1) is 0 Å². The first-order valence-corrected chi connectivity index (χ1v) is 11.7. The van der Waals surface area contributed by atoms with Gasteiger partial charge < -0.3 is 14.2 Å². The Balaban J connectivity index is 1.73. The van der Waals surface area contributed by atoms with Crippen LogP contribution in [0.2, 0.25) is 0 Å². The molecule has 3 atom stereocenters. The maximum atomic E-state index is 13.6. The van der Waals surface area contributed by atoms with Gasteiger partial charge in [0.05, 0.1) is 6.61 Å². The molecule has 182 valence electrons. The third-order valence-electron chi connectivity index (χ3n) is 6.45. The van der Waals surface area contributed by atoms with Crippen molar-refractivity contribution in [2.75, 3.05) is 20.3 Å². The minimum Gasteiger partial charge on any atom is -0.463 e. The van der Waals surface area contributed by atoms with Crippen LogP contribution < -0.4 is 4.74 Å². The van der Waals surface area contributed by atoms with Crippen molar-refractivity contribution in [2.24, 2.45) is 10.9 Å². The second-order valence-electron chi connectivity index (χ2n) is 8.83. The lowest BCUT2D eigenvalue weighted by Crippen LogP contribution is -2.38. The predicted molar refractivity (Wildman–Crippen MR) is 130 cm³/mol.